The molecule has 4 nitrogen and oxygen atoms in total. The van der Waals surface area contributed by atoms with Crippen molar-refractivity contribution in [1.29, 1.82) is 0 Å². The minimum absolute atomic E-state index is 0. The van der Waals surface area contributed by atoms with Gasteiger partial charge in [-0.25, -0.2) is 0 Å². The number of hydrogen-bond acceptors (Lipinski definition) is 4. The molecule has 0 aliphatic carbocycles. The van der Waals surface area contributed by atoms with Gasteiger partial charge in [-0.1, -0.05) is 20.3 Å². The number of carbonyl (C=O) groups is 2. The Morgan fingerprint density at radius 2 is 1.57 bits per heavy atom. The van der Waals surface area contributed by atoms with Gasteiger partial charge in [-0.2, -0.15) is 0 Å². The number of carbonyl (C=O) groups excluding carboxylic acids is 2. The maximum Gasteiger partial charge on any atom is 1.00 e. The average Bonchev–Trinajstić information content (AvgIpc) is 2.00. The molecule has 70 valence electrons. The second kappa shape index (κ2) is 7.78. The number of rotatable bonds is 4. The maximum atomic E-state index is 10.5. The van der Waals surface area contributed by atoms with Gasteiger partial charge in [-0.3, -0.25) is 0 Å². The summed E-state index contributed by atoms with van der Waals surface area (Å²) in [7, 11) is 0. The Morgan fingerprint density at radius 1 is 1.29 bits per heavy atom. The molecule has 0 rings (SSSR count). The van der Waals surface area contributed by atoms with Crippen LogP contribution in [0.15, 0.2) is 0 Å². The van der Waals surface area contributed by atoms with Crippen LogP contribution in [0.3, 0.4) is 0 Å². The first kappa shape index (κ1) is 20.0. The Hall–Kier alpha value is 0.537. The molecule has 0 aromatic carbocycles. The predicted octanol–water partition coefficient (Wildman–Crippen LogP) is -7.45. The first-order valence-electron chi connectivity index (χ1n) is 3.80. The molecule has 0 radical (unpaired) electrons. The third kappa shape index (κ3) is 3.96. The van der Waals surface area contributed by atoms with Crippen molar-refractivity contribution in [2.45, 2.75) is 27.2 Å². The predicted molar refractivity (Wildman–Crippen MR) is 37.6 cm³/mol. The number of carboxylic acid groups (broad SMARTS) is 2. The first-order valence-corrected chi connectivity index (χ1v) is 3.80. The zero-order valence-corrected chi connectivity index (χ0v) is 11.4. The third-order valence-electron chi connectivity index (χ3n) is 2.45. The number of aliphatic carboxylic acids is 2. The van der Waals surface area contributed by atoms with Crippen LogP contribution in [0.2, 0.25) is 0 Å². The van der Waals surface area contributed by atoms with Gasteiger partial charge in [0.05, 0.1) is 11.9 Å². The van der Waals surface area contributed by atoms with Gasteiger partial charge in [0, 0.05) is 5.41 Å². The molecule has 0 amide bonds. The Bertz CT molecular complexity index is 194. The van der Waals surface area contributed by atoms with E-state index in [-0.39, 0.29) is 48.4 Å². The minimum Gasteiger partial charge on any atom is -0.549 e. The number of hydrogen-bond donors (Lipinski definition) is 0. The molecular weight excluding hydrogens is 190 g/mol. The number of carboxylic acids is 2. The van der Waals surface area contributed by atoms with Gasteiger partial charge in [0.1, 0.15) is 0 Å². The minimum atomic E-state index is -1.88. The van der Waals surface area contributed by atoms with E-state index < -0.39 is 23.3 Å². The SMILES string of the molecule is CCC(C)C(C)(C(=O)[O-])C(=O)[O-].[Li+].[Na+]. The molecule has 0 saturated carbocycles. The van der Waals surface area contributed by atoms with Crippen LogP contribution in [0, 0.1) is 11.3 Å². The van der Waals surface area contributed by atoms with Crippen molar-refractivity contribution in [3.8, 4) is 0 Å². The fraction of sp³-hybridized carbons (Fsp3) is 0.750. The molecule has 0 aromatic heterocycles. The molecule has 0 N–H and O–H groups in total. The smallest absolute Gasteiger partial charge is 0.549 e. The third-order valence-corrected chi connectivity index (χ3v) is 2.45. The van der Waals surface area contributed by atoms with Crippen LogP contribution in [0.4, 0.5) is 0 Å². The zero-order chi connectivity index (χ0) is 9.94. The molecule has 6 heteroatoms. The van der Waals surface area contributed by atoms with Crippen molar-refractivity contribution in [2.24, 2.45) is 11.3 Å². The molecule has 14 heavy (non-hydrogen) atoms. The monoisotopic (exact) mass is 202 g/mol. The van der Waals surface area contributed by atoms with Crippen molar-refractivity contribution in [2.75, 3.05) is 0 Å². The summed E-state index contributed by atoms with van der Waals surface area (Å²) in [5.74, 6) is -3.67. The van der Waals surface area contributed by atoms with Crippen LogP contribution in [0.25, 0.3) is 0 Å². The molecular formula is C8H12LiNaO4. The topological polar surface area (TPSA) is 80.3 Å². The van der Waals surface area contributed by atoms with Gasteiger partial charge in [-0.05, 0) is 12.8 Å². The Kier molecular flexibility index (Phi) is 11.1. The van der Waals surface area contributed by atoms with Gasteiger partial charge >= 0.3 is 48.4 Å². The van der Waals surface area contributed by atoms with Gasteiger partial charge in [0.25, 0.3) is 0 Å². The van der Waals surface area contributed by atoms with Crippen LogP contribution in [0.1, 0.15) is 27.2 Å². The average molecular weight is 202 g/mol. The molecule has 0 aromatic rings. The summed E-state index contributed by atoms with van der Waals surface area (Å²) in [6.45, 7) is 4.38. The summed E-state index contributed by atoms with van der Waals surface area (Å²) in [5, 5.41) is 21.1. The molecule has 0 spiro atoms. The van der Waals surface area contributed by atoms with Crippen LogP contribution in [-0.4, -0.2) is 11.9 Å². The first-order chi connectivity index (χ1) is 5.37. The van der Waals surface area contributed by atoms with E-state index in [9.17, 15) is 19.8 Å². The Labute approximate surface area is 118 Å². The Morgan fingerprint density at radius 3 is 1.64 bits per heavy atom. The summed E-state index contributed by atoms with van der Waals surface area (Å²) in [6, 6.07) is 0. The van der Waals surface area contributed by atoms with E-state index in [1.165, 1.54) is 0 Å². The van der Waals surface area contributed by atoms with E-state index >= 15 is 0 Å². The van der Waals surface area contributed by atoms with E-state index in [1.807, 2.05) is 0 Å². The van der Waals surface area contributed by atoms with Crippen LogP contribution < -0.4 is 58.6 Å². The molecule has 0 aliphatic rings. The van der Waals surface area contributed by atoms with E-state index in [0.717, 1.165) is 6.92 Å². The summed E-state index contributed by atoms with van der Waals surface area (Å²) < 4.78 is 0. The molecule has 0 aliphatic heterocycles. The van der Waals surface area contributed by atoms with Gasteiger partial charge < -0.3 is 19.8 Å². The second-order valence-corrected chi connectivity index (χ2v) is 3.09. The van der Waals surface area contributed by atoms with Gasteiger partial charge in [0.2, 0.25) is 0 Å². The molecule has 0 heterocycles. The van der Waals surface area contributed by atoms with Crippen LogP contribution >= 0.6 is 0 Å². The molecule has 0 saturated heterocycles. The fourth-order valence-corrected chi connectivity index (χ4v) is 0.894. The quantitative estimate of drug-likeness (QED) is 0.335. The van der Waals surface area contributed by atoms with Crippen molar-refractivity contribution in [3.05, 3.63) is 0 Å². The van der Waals surface area contributed by atoms with Crippen molar-refractivity contribution in [3.63, 3.8) is 0 Å². The second-order valence-electron chi connectivity index (χ2n) is 3.09. The summed E-state index contributed by atoms with van der Waals surface area (Å²) in [6.07, 6.45) is 0.457. The van der Waals surface area contributed by atoms with Crippen LogP contribution in [0.5, 0.6) is 0 Å². The zero-order valence-electron chi connectivity index (χ0n) is 9.42. The van der Waals surface area contributed by atoms with Crippen molar-refractivity contribution < 1.29 is 68.2 Å². The summed E-state index contributed by atoms with van der Waals surface area (Å²) in [4.78, 5) is 21.1. The summed E-state index contributed by atoms with van der Waals surface area (Å²) >= 11 is 0. The van der Waals surface area contributed by atoms with Crippen molar-refractivity contribution in [1.82, 2.24) is 0 Å². The molecule has 1 atom stereocenters. The van der Waals surface area contributed by atoms with Crippen LogP contribution in [-0.2, 0) is 9.59 Å². The normalized spacial score (nSPS) is 11.9. The van der Waals surface area contributed by atoms with E-state index in [1.54, 1.807) is 13.8 Å². The van der Waals surface area contributed by atoms with E-state index in [2.05, 4.69) is 0 Å². The summed E-state index contributed by atoms with van der Waals surface area (Å²) in [5.41, 5.74) is -1.88. The molecule has 1 unspecified atom stereocenters. The standard InChI is InChI=1S/C8H14O4.Li.Na/c1-4-5(2)8(3,6(9)10)7(11)12;;/h5H,4H2,1-3H3,(H,9,10)(H,11,12);;/q;2*+1/p-2. The van der Waals surface area contributed by atoms with Crippen molar-refractivity contribution >= 4 is 11.9 Å². The van der Waals surface area contributed by atoms with Gasteiger partial charge in [0.15, 0.2) is 0 Å². The maximum absolute atomic E-state index is 10.5. The van der Waals surface area contributed by atoms with Gasteiger partial charge in [-0.15, -0.1) is 0 Å². The van der Waals surface area contributed by atoms with E-state index in [4.69, 9.17) is 0 Å². The molecule has 0 bridgehead atoms. The van der Waals surface area contributed by atoms with E-state index in [0.29, 0.717) is 6.42 Å². The molecule has 0 fully saturated rings. The Balaban J connectivity index is -0.000000605. The fourth-order valence-electron chi connectivity index (χ4n) is 0.894. The largest absolute Gasteiger partial charge is 1.00 e.